The highest BCUT2D eigenvalue weighted by atomic mass is 32.2. The molecule has 0 amide bonds. The molecule has 0 atom stereocenters. The summed E-state index contributed by atoms with van der Waals surface area (Å²) < 4.78 is 46.6. The van der Waals surface area contributed by atoms with E-state index < -0.39 is 21.6 Å². The van der Waals surface area contributed by atoms with Crippen LogP contribution in [0.15, 0.2) is 36.7 Å². The molecule has 3 heterocycles. The fraction of sp³-hybridized carbons (Fsp3) is 0.263. The molecule has 1 aromatic carbocycles. The SMILES string of the molecule is CS(=O)(=O)O.N#Cc1c(-c2cccnc2)[n+]([O-])c2cc(N3CCOCC3)c(F)cc2[n+]1[O-]. The Labute approximate surface area is 182 Å². The maximum atomic E-state index is 14.6. The van der Waals surface area contributed by atoms with E-state index in [0.717, 1.165) is 6.07 Å². The number of ether oxygens (including phenoxy) is 1. The number of fused-ring (bicyclic) bond motifs is 1. The summed E-state index contributed by atoms with van der Waals surface area (Å²) >= 11 is 0. The molecule has 1 aliphatic rings. The third-order valence-electron chi connectivity index (χ3n) is 4.50. The highest BCUT2D eigenvalue weighted by molar-refractivity contribution is 7.85. The van der Waals surface area contributed by atoms with Crippen molar-refractivity contribution in [1.29, 1.82) is 5.26 Å². The smallest absolute Gasteiger partial charge is 0.369 e. The van der Waals surface area contributed by atoms with E-state index in [1.807, 2.05) is 0 Å². The van der Waals surface area contributed by atoms with Crippen molar-refractivity contribution in [2.24, 2.45) is 0 Å². The van der Waals surface area contributed by atoms with Crippen LogP contribution in [0.3, 0.4) is 0 Å². The molecule has 11 nitrogen and oxygen atoms in total. The molecule has 32 heavy (non-hydrogen) atoms. The monoisotopic (exact) mass is 463 g/mol. The van der Waals surface area contributed by atoms with Crippen LogP contribution in [-0.2, 0) is 14.9 Å². The second-order valence-corrected chi connectivity index (χ2v) is 8.23. The van der Waals surface area contributed by atoms with Crippen LogP contribution >= 0.6 is 0 Å². The van der Waals surface area contributed by atoms with E-state index in [-0.39, 0.29) is 27.1 Å². The van der Waals surface area contributed by atoms with Crippen molar-refractivity contribution in [2.75, 3.05) is 37.5 Å². The topological polar surface area (TPSA) is 157 Å². The summed E-state index contributed by atoms with van der Waals surface area (Å²) in [6.45, 7) is 1.85. The van der Waals surface area contributed by atoms with Gasteiger partial charge in [0.2, 0.25) is 0 Å². The Bertz CT molecular complexity index is 1280. The van der Waals surface area contributed by atoms with Gasteiger partial charge >= 0.3 is 11.4 Å². The fourth-order valence-corrected chi connectivity index (χ4v) is 3.20. The standard InChI is InChI=1S/C18H14FN5O3.CH4O3S/c19-13-8-15-16(9-14(13)22-4-6-27-7-5-22)24(26)18(17(10-20)23(15)25)12-2-1-3-21-11-12;1-5(2,3)4/h1-3,8-9,11H,4-7H2;1H3,(H,2,3,4). The minimum Gasteiger partial charge on any atom is -0.617 e. The maximum Gasteiger partial charge on any atom is 0.369 e. The average molecular weight is 463 g/mol. The second-order valence-electron chi connectivity index (χ2n) is 6.76. The molecule has 1 N–H and O–H groups in total. The zero-order valence-electron chi connectivity index (χ0n) is 16.8. The van der Waals surface area contributed by atoms with Gasteiger partial charge < -0.3 is 20.1 Å². The van der Waals surface area contributed by atoms with Crippen molar-refractivity contribution < 1.29 is 31.6 Å². The number of pyridine rings is 1. The van der Waals surface area contributed by atoms with E-state index in [1.54, 1.807) is 23.1 Å². The van der Waals surface area contributed by atoms with Crippen molar-refractivity contribution in [3.8, 4) is 17.3 Å². The number of hydrogen-bond acceptors (Lipinski definition) is 8. The third kappa shape index (κ3) is 4.99. The largest absolute Gasteiger partial charge is 0.617 e. The molecule has 1 aliphatic heterocycles. The van der Waals surface area contributed by atoms with Crippen LogP contribution in [-0.4, -0.2) is 50.5 Å². The predicted octanol–water partition coefficient (Wildman–Crippen LogP) is 0.520. The van der Waals surface area contributed by atoms with E-state index >= 15 is 0 Å². The average Bonchev–Trinajstić information content (AvgIpc) is 2.76. The minimum absolute atomic E-state index is 0.0225. The van der Waals surface area contributed by atoms with E-state index in [2.05, 4.69) is 4.98 Å². The van der Waals surface area contributed by atoms with Gasteiger partial charge in [-0.2, -0.15) is 18.4 Å². The first-order chi connectivity index (χ1) is 15.1. The van der Waals surface area contributed by atoms with Crippen molar-refractivity contribution in [3.05, 3.63) is 58.6 Å². The lowest BCUT2D eigenvalue weighted by molar-refractivity contribution is -0.622. The predicted molar refractivity (Wildman–Crippen MR) is 110 cm³/mol. The van der Waals surface area contributed by atoms with Gasteiger partial charge in [-0.15, -0.1) is 4.73 Å². The van der Waals surface area contributed by atoms with Gasteiger partial charge in [-0.25, -0.2) is 4.39 Å². The van der Waals surface area contributed by atoms with Crippen LogP contribution in [0.5, 0.6) is 0 Å². The highest BCUT2D eigenvalue weighted by Gasteiger charge is 2.31. The maximum absolute atomic E-state index is 14.6. The Kier molecular flexibility index (Phi) is 6.68. The van der Waals surface area contributed by atoms with Crippen molar-refractivity contribution >= 4 is 26.8 Å². The molecule has 1 fully saturated rings. The number of morpholine rings is 1. The van der Waals surface area contributed by atoms with Gasteiger partial charge in [0.25, 0.3) is 21.2 Å². The molecule has 0 unspecified atom stereocenters. The summed E-state index contributed by atoms with van der Waals surface area (Å²) in [4.78, 5) is 5.70. The number of rotatable bonds is 2. The van der Waals surface area contributed by atoms with E-state index in [9.17, 15) is 28.5 Å². The van der Waals surface area contributed by atoms with E-state index in [1.165, 1.54) is 18.5 Å². The first-order valence-corrected chi connectivity index (χ1v) is 11.0. The van der Waals surface area contributed by atoms with Crippen LogP contribution in [0.2, 0.25) is 0 Å². The minimum atomic E-state index is -3.67. The molecule has 2 aromatic heterocycles. The Morgan fingerprint density at radius 3 is 2.44 bits per heavy atom. The van der Waals surface area contributed by atoms with Gasteiger partial charge in [0.1, 0.15) is 0 Å². The molecule has 0 aliphatic carbocycles. The number of aromatic nitrogens is 3. The van der Waals surface area contributed by atoms with Gasteiger partial charge in [-0.1, -0.05) is 0 Å². The normalized spacial score (nSPS) is 13.9. The molecular formula is C19H18FN5O6S. The summed E-state index contributed by atoms with van der Waals surface area (Å²) in [6, 6.07) is 7.26. The molecule has 0 saturated carbocycles. The third-order valence-corrected chi connectivity index (χ3v) is 4.50. The summed E-state index contributed by atoms with van der Waals surface area (Å²) in [5, 5.41) is 35.1. The highest BCUT2D eigenvalue weighted by Crippen LogP contribution is 2.26. The summed E-state index contributed by atoms with van der Waals surface area (Å²) in [7, 11) is -3.67. The summed E-state index contributed by atoms with van der Waals surface area (Å²) in [5.41, 5.74) is -0.212. The zero-order chi connectivity index (χ0) is 23.5. The molecule has 168 valence electrons. The molecule has 0 radical (unpaired) electrons. The first-order valence-electron chi connectivity index (χ1n) is 9.19. The van der Waals surface area contributed by atoms with E-state index in [4.69, 9.17) is 9.29 Å². The summed E-state index contributed by atoms with van der Waals surface area (Å²) in [5.74, 6) is -0.632. The zero-order valence-corrected chi connectivity index (χ0v) is 17.6. The van der Waals surface area contributed by atoms with Crippen LogP contribution in [0.1, 0.15) is 5.69 Å². The van der Waals surface area contributed by atoms with Gasteiger partial charge in [-0.05, 0) is 12.1 Å². The molecule has 1 saturated heterocycles. The Balaban J connectivity index is 0.000000523. The van der Waals surface area contributed by atoms with Gasteiger partial charge in [0.05, 0.1) is 36.8 Å². The van der Waals surface area contributed by atoms with Gasteiger partial charge in [-0.3, -0.25) is 9.54 Å². The van der Waals surface area contributed by atoms with Gasteiger partial charge in [0.15, 0.2) is 11.9 Å². The number of nitriles is 1. The van der Waals surface area contributed by atoms with Crippen LogP contribution in [0.25, 0.3) is 22.3 Å². The van der Waals surface area contributed by atoms with Crippen molar-refractivity contribution in [3.63, 3.8) is 0 Å². The lowest BCUT2D eigenvalue weighted by Gasteiger charge is -2.28. The molecule has 4 rings (SSSR count). The van der Waals surface area contributed by atoms with Crippen LogP contribution in [0.4, 0.5) is 10.1 Å². The van der Waals surface area contributed by atoms with Crippen molar-refractivity contribution in [1.82, 2.24) is 4.98 Å². The summed E-state index contributed by atoms with van der Waals surface area (Å²) in [6.07, 6.45) is 3.62. The Hall–Kier alpha value is -3.60. The van der Waals surface area contributed by atoms with Crippen LogP contribution in [0, 0.1) is 27.6 Å². The fourth-order valence-electron chi connectivity index (χ4n) is 3.20. The molecule has 0 bridgehead atoms. The van der Waals surface area contributed by atoms with E-state index in [0.29, 0.717) is 42.9 Å². The molecule has 3 aromatic rings. The second kappa shape index (κ2) is 9.27. The van der Waals surface area contributed by atoms with Crippen LogP contribution < -0.4 is 14.4 Å². The number of benzene rings is 1. The lowest BCUT2D eigenvalue weighted by atomic mass is 10.1. The number of hydrogen-bond donors (Lipinski definition) is 1. The Morgan fingerprint density at radius 1 is 1.25 bits per heavy atom. The number of nitrogens with zero attached hydrogens (tertiary/aromatic N) is 5. The first kappa shape index (κ1) is 23.1. The molecule has 13 heteroatoms. The quantitative estimate of drug-likeness (QED) is 0.325. The molecule has 0 spiro atoms. The van der Waals surface area contributed by atoms with Crippen molar-refractivity contribution in [2.45, 2.75) is 0 Å². The van der Waals surface area contributed by atoms with Gasteiger partial charge in [0, 0.05) is 31.5 Å². The number of halogens is 1. The molecular weight excluding hydrogens is 445 g/mol. The number of anilines is 1. The Morgan fingerprint density at radius 2 is 1.88 bits per heavy atom. The lowest BCUT2D eigenvalue weighted by Crippen LogP contribution is -2.44.